The van der Waals surface area contributed by atoms with E-state index in [2.05, 4.69) is 58.4 Å². The van der Waals surface area contributed by atoms with Gasteiger partial charge in [-0.2, -0.15) is 0 Å². The van der Waals surface area contributed by atoms with E-state index in [1.54, 1.807) is 0 Å². The van der Waals surface area contributed by atoms with Gasteiger partial charge in [-0.15, -0.1) is 0 Å². The molecule has 4 heteroatoms. The van der Waals surface area contributed by atoms with Crippen molar-refractivity contribution < 1.29 is 0 Å². The molecule has 1 heterocycles. The topological polar surface area (TPSA) is 52.7 Å². The molecule has 0 aliphatic heterocycles. The quantitative estimate of drug-likeness (QED) is 0.611. The van der Waals surface area contributed by atoms with Crippen LogP contribution in [0.5, 0.6) is 0 Å². The van der Waals surface area contributed by atoms with Gasteiger partial charge in [-0.1, -0.05) is 36.8 Å². The molecule has 0 saturated carbocycles. The van der Waals surface area contributed by atoms with Crippen LogP contribution in [0.1, 0.15) is 31.2 Å². The van der Waals surface area contributed by atoms with E-state index in [1.807, 2.05) is 13.2 Å². The van der Waals surface area contributed by atoms with Crippen molar-refractivity contribution in [2.45, 2.75) is 32.6 Å². The second-order valence-corrected chi connectivity index (χ2v) is 5.66. The lowest BCUT2D eigenvalue weighted by atomic mass is 10.1. The highest BCUT2D eigenvalue weighted by molar-refractivity contribution is 5.61. The zero-order valence-corrected chi connectivity index (χ0v) is 13.6. The summed E-state index contributed by atoms with van der Waals surface area (Å²) in [6.07, 6.45) is 6.41. The van der Waals surface area contributed by atoms with Crippen molar-refractivity contribution >= 4 is 5.95 Å². The van der Waals surface area contributed by atoms with Gasteiger partial charge in [0.05, 0.1) is 11.9 Å². The van der Waals surface area contributed by atoms with Gasteiger partial charge in [-0.05, 0) is 51.4 Å². The largest absolute Gasteiger partial charge is 0.330 e. The second kappa shape index (κ2) is 8.39. The lowest BCUT2D eigenvalue weighted by Gasteiger charge is -2.07. The fraction of sp³-hybridized carbons (Fsp3) is 0.389. The van der Waals surface area contributed by atoms with Crippen LogP contribution >= 0.6 is 0 Å². The molecule has 0 aliphatic rings. The molecule has 0 atom stereocenters. The minimum Gasteiger partial charge on any atom is -0.330 e. The molecule has 4 nitrogen and oxygen atoms in total. The fourth-order valence-electron chi connectivity index (χ4n) is 2.39. The third-order valence-corrected chi connectivity index (χ3v) is 3.61. The van der Waals surface area contributed by atoms with Crippen molar-refractivity contribution in [3.05, 3.63) is 48.3 Å². The minimum atomic E-state index is 0.761. The van der Waals surface area contributed by atoms with Gasteiger partial charge in [0.15, 0.2) is 0 Å². The fourth-order valence-corrected chi connectivity index (χ4v) is 2.39. The minimum absolute atomic E-state index is 0.761. The molecule has 0 radical (unpaired) electrons. The van der Waals surface area contributed by atoms with E-state index in [4.69, 9.17) is 0 Å². The predicted molar refractivity (Wildman–Crippen MR) is 93.9 cm³/mol. The zero-order chi connectivity index (χ0) is 15.8. The van der Waals surface area contributed by atoms with Crippen molar-refractivity contribution in [3.8, 4) is 11.3 Å². The number of hydrogen-bond acceptors (Lipinski definition) is 3. The summed E-state index contributed by atoms with van der Waals surface area (Å²) in [5.41, 5.74) is 4.42. The van der Waals surface area contributed by atoms with E-state index in [-0.39, 0.29) is 0 Å². The highest BCUT2D eigenvalue weighted by atomic mass is 15.1. The van der Waals surface area contributed by atoms with Gasteiger partial charge in [0.1, 0.15) is 0 Å². The Morgan fingerprint density at radius 2 is 2.14 bits per heavy atom. The normalized spacial score (nSPS) is 10.6. The Hall–Kier alpha value is -2.07. The smallest absolute Gasteiger partial charge is 0.204 e. The van der Waals surface area contributed by atoms with Crippen molar-refractivity contribution in [2.24, 2.45) is 0 Å². The summed E-state index contributed by atoms with van der Waals surface area (Å²) in [7, 11) is 1.99. The molecule has 3 N–H and O–H groups in total. The SMILES string of the molecule is C=C(CCCCCNC)Nc1ncc(-c2cccc(C)c2)[nH]1. The van der Waals surface area contributed by atoms with Crippen molar-refractivity contribution in [3.63, 3.8) is 0 Å². The van der Waals surface area contributed by atoms with E-state index >= 15 is 0 Å². The van der Waals surface area contributed by atoms with Crippen molar-refractivity contribution in [2.75, 3.05) is 18.9 Å². The first-order chi connectivity index (χ1) is 10.7. The van der Waals surface area contributed by atoms with Crippen LogP contribution in [0.25, 0.3) is 11.3 Å². The number of aromatic nitrogens is 2. The molecule has 0 saturated heterocycles. The summed E-state index contributed by atoms with van der Waals surface area (Å²) in [6, 6.07) is 8.38. The molecular weight excluding hydrogens is 272 g/mol. The molecule has 1 aromatic carbocycles. The van der Waals surface area contributed by atoms with Crippen LogP contribution < -0.4 is 10.6 Å². The zero-order valence-electron chi connectivity index (χ0n) is 13.6. The Balaban J connectivity index is 1.83. The number of nitrogens with zero attached hydrogens (tertiary/aromatic N) is 1. The van der Waals surface area contributed by atoms with Crippen LogP contribution in [0.15, 0.2) is 42.7 Å². The van der Waals surface area contributed by atoms with Crippen molar-refractivity contribution in [1.82, 2.24) is 15.3 Å². The Bertz CT molecular complexity index is 601. The van der Waals surface area contributed by atoms with E-state index in [1.165, 1.54) is 18.4 Å². The van der Waals surface area contributed by atoms with Crippen LogP contribution in [0.3, 0.4) is 0 Å². The third-order valence-electron chi connectivity index (χ3n) is 3.61. The number of benzene rings is 1. The summed E-state index contributed by atoms with van der Waals surface area (Å²) < 4.78 is 0. The number of imidazole rings is 1. The van der Waals surface area contributed by atoms with Crippen LogP contribution in [-0.4, -0.2) is 23.6 Å². The first-order valence-corrected chi connectivity index (χ1v) is 7.90. The number of anilines is 1. The predicted octanol–water partition coefficient (Wildman–Crippen LogP) is 4.09. The van der Waals surface area contributed by atoms with Gasteiger partial charge in [-0.25, -0.2) is 4.98 Å². The molecule has 0 spiro atoms. The number of nitrogens with one attached hydrogen (secondary N) is 3. The van der Waals surface area contributed by atoms with Gasteiger partial charge in [0, 0.05) is 5.70 Å². The summed E-state index contributed by atoms with van der Waals surface area (Å²) in [6.45, 7) is 7.25. The molecule has 2 rings (SSSR count). The van der Waals surface area contributed by atoms with E-state index in [0.717, 1.165) is 42.3 Å². The average Bonchev–Trinajstić information content (AvgIpc) is 2.95. The number of rotatable bonds is 9. The second-order valence-electron chi connectivity index (χ2n) is 5.66. The van der Waals surface area contributed by atoms with Gasteiger partial charge >= 0.3 is 0 Å². The van der Waals surface area contributed by atoms with E-state index < -0.39 is 0 Å². The molecule has 0 unspecified atom stereocenters. The summed E-state index contributed by atoms with van der Waals surface area (Å²) in [4.78, 5) is 7.69. The lowest BCUT2D eigenvalue weighted by molar-refractivity contribution is 0.641. The lowest BCUT2D eigenvalue weighted by Crippen LogP contribution is -2.07. The van der Waals surface area contributed by atoms with Crippen molar-refractivity contribution in [1.29, 1.82) is 0 Å². The van der Waals surface area contributed by atoms with Crippen LogP contribution in [0, 0.1) is 6.92 Å². The Morgan fingerprint density at radius 3 is 2.91 bits per heavy atom. The molecule has 0 aliphatic carbocycles. The Morgan fingerprint density at radius 1 is 1.27 bits per heavy atom. The molecular formula is C18H26N4. The molecule has 0 amide bonds. The summed E-state index contributed by atoms with van der Waals surface area (Å²) >= 11 is 0. The number of hydrogen-bond donors (Lipinski definition) is 3. The van der Waals surface area contributed by atoms with E-state index in [9.17, 15) is 0 Å². The summed E-state index contributed by atoms with van der Waals surface area (Å²) in [5.74, 6) is 0.761. The summed E-state index contributed by atoms with van der Waals surface area (Å²) in [5, 5.41) is 6.43. The van der Waals surface area contributed by atoms with Gasteiger partial charge < -0.3 is 15.6 Å². The third kappa shape index (κ3) is 5.04. The number of H-pyrrole nitrogens is 1. The molecule has 2 aromatic rings. The molecule has 118 valence electrons. The monoisotopic (exact) mass is 298 g/mol. The van der Waals surface area contributed by atoms with E-state index in [0.29, 0.717) is 0 Å². The van der Waals surface area contributed by atoms with Gasteiger partial charge in [0.25, 0.3) is 0 Å². The molecule has 0 bridgehead atoms. The average molecular weight is 298 g/mol. The van der Waals surface area contributed by atoms with Gasteiger partial charge in [0.2, 0.25) is 5.95 Å². The van der Waals surface area contributed by atoms with Crippen LogP contribution in [0.4, 0.5) is 5.95 Å². The first-order valence-electron chi connectivity index (χ1n) is 7.90. The molecule has 0 fully saturated rings. The first kappa shape index (κ1) is 16.3. The molecule has 1 aromatic heterocycles. The molecule has 22 heavy (non-hydrogen) atoms. The number of unbranched alkanes of at least 4 members (excludes halogenated alkanes) is 2. The maximum Gasteiger partial charge on any atom is 0.204 e. The number of aryl methyl sites for hydroxylation is 1. The van der Waals surface area contributed by atoms with Crippen LogP contribution in [-0.2, 0) is 0 Å². The highest BCUT2D eigenvalue weighted by Gasteiger charge is 2.04. The van der Waals surface area contributed by atoms with Crippen LogP contribution in [0.2, 0.25) is 0 Å². The highest BCUT2D eigenvalue weighted by Crippen LogP contribution is 2.20. The Labute approximate surface area is 133 Å². The number of allylic oxidation sites excluding steroid dienone is 1. The number of aromatic amines is 1. The maximum absolute atomic E-state index is 4.38. The maximum atomic E-state index is 4.38. The standard InChI is InChI=1S/C18H26N4/c1-14-8-7-10-16(12-14)17-13-20-18(22-17)21-15(2)9-5-4-6-11-19-3/h7-8,10,12-13,19H,2,4-6,9,11H2,1,3H3,(H2,20,21,22). The van der Waals surface area contributed by atoms with Gasteiger partial charge in [-0.3, -0.25) is 0 Å². The Kier molecular flexibility index (Phi) is 6.22.